The van der Waals surface area contributed by atoms with Gasteiger partial charge in [-0.05, 0) is 38.4 Å². The maximum Gasteiger partial charge on any atom is 0.270 e. The third kappa shape index (κ3) is 3.68. The second-order valence-electron chi connectivity index (χ2n) is 4.77. The van der Waals surface area contributed by atoms with Crippen molar-refractivity contribution in [2.45, 2.75) is 25.3 Å². The summed E-state index contributed by atoms with van der Waals surface area (Å²) in [4.78, 5) is 22.4. The largest absolute Gasteiger partial charge is 0.349 e. The van der Waals surface area contributed by atoms with Crippen LogP contribution in [0.3, 0.4) is 0 Å². The van der Waals surface area contributed by atoms with Crippen LogP contribution < -0.4 is 10.6 Å². The number of nitro benzene ring substituents is 1. The van der Waals surface area contributed by atoms with E-state index in [0.717, 1.165) is 32.4 Å². The maximum atomic E-state index is 12.2. The topological polar surface area (TPSA) is 84.3 Å². The second-order valence-corrected chi connectivity index (χ2v) is 5.18. The van der Waals surface area contributed by atoms with Gasteiger partial charge in [-0.25, -0.2) is 0 Å². The van der Waals surface area contributed by atoms with Crippen LogP contribution >= 0.6 is 11.6 Å². The molecule has 1 heterocycles. The molecule has 1 aliphatic rings. The van der Waals surface area contributed by atoms with E-state index >= 15 is 0 Å². The summed E-state index contributed by atoms with van der Waals surface area (Å²) in [6, 6.07) is 3.96. The fourth-order valence-electron chi connectivity index (χ4n) is 2.23. The molecule has 1 aliphatic heterocycles. The number of hydrogen-bond acceptors (Lipinski definition) is 4. The first-order chi connectivity index (χ1) is 9.58. The van der Waals surface area contributed by atoms with E-state index in [4.69, 9.17) is 11.6 Å². The molecule has 20 heavy (non-hydrogen) atoms. The molecule has 0 saturated carbocycles. The van der Waals surface area contributed by atoms with Crippen LogP contribution in [0.5, 0.6) is 0 Å². The normalized spacial score (nSPS) is 19.1. The number of benzene rings is 1. The lowest BCUT2D eigenvalue weighted by molar-refractivity contribution is -0.384. The van der Waals surface area contributed by atoms with Gasteiger partial charge in [0.1, 0.15) is 0 Å². The minimum atomic E-state index is -0.539. The third-order valence-electron chi connectivity index (χ3n) is 3.32. The Balaban J connectivity index is 2.11. The smallest absolute Gasteiger partial charge is 0.270 e. The van der Waals surface area contributed by atoms with Gasteiger partial charge in [0.25, 0.3) is 11.6 Å². The lowest BCUT2D eigenvalue weighted by atomic mass is 10.1. The van der Waals surface area contributed by atoms with E-state index in [9.17, 15) is 14.9 Å². The van der Waals surface area contributed by atoms with Gasteiger partial charge in [0.2, 0.25) is 0 Å². The molecule has 1 aromatic rings. The molecule has 1 aromatic carbocycles. The molecule has 1 amide bonds. The molecule has 1 atom stereocenters. The van der Waals surface area contributed by atoms with Crippen molar-refractivity contribution in [2.24, 2.45) is 0 Å². The van der Waals surface area contributed by atoms with Gasteiger partial charge in [0.15, 0.2) is 0 Å². The maximum absolute atomic E-state index is 12.2. The number of rotatable bonds is 3. The van der Waals surface area contributed by atoms with Gasteiger partial charge in [0.05, 0.1) is 15.5 Å². The van der Waals surface area contributed by atoms with Crippen LogP contribution in [0.15, 0.2) is 18.2 Å². The standard InChI is InChI=1S/C13H16ClN3O3/c14-12-4-3-10(17(19)20)8-11(12)13(18)16-9-2-1-6-15-7-5-9/h3-4,8-9,15H,1-2,5-7H2,(H,16,18). The lowest BCUT2D eigenvalue weighted by Crippen LogP contribution is -2.35. The van der Waals surface area contributed by atoms with Gasteiger partial charge in [-0.3, -0.25) is 14.9 Å². The van der Waals surface area contributed by atoms with E-state index in [1.165, 1.54) is 18.2 Å². The van der Waals surface area contributed by atoms with Crippen molar-refractivity contribution in [2.75, 3.05) is 13.1 Å². The van der Waals surface area contributed by atoms with Crippen molar-refractivity contribution >= 4 is 23.2 Å². The number of amides is 1. The molecule has 108 valence electrons. The molecule has 1 fully saturated rings. The molecule has 0 aromatic heterocycles. The summed E-state index contributed by atoms with van der Waals surface area (Å²) in [6.07, 6.45) is 2.73. The van der Waals surface area contributed by atoms with Crippen molar-refractivity contribution in [1.82, 2.24) is 10.6 Å². The van der Waals surface area contributed by atoms with Gasteiger partial charge in [-0.2, -0.15) is 0 Å². The Bertz CT molecular complexity index is 514. The van der Waals surface area contributed by atoms with Crippen LogP contribution in [-0.2, 0) is 0 Å². The Hall–Kier alpha value is -1.66. The van der Waals surface area contributed by atoms with Crippen molar-refractivity contribution in [3.63, 3.8) is 0 Å². The SMILES string of the molecule is O=C(NC1CCCNCC1)c1cc([N+](=O)[O-])ccc1Cl. The number of nitrogens with zero attached hydrogens (tertiary/aromatic N) is 1. The first kappa shape index (κ1) is 14.7. The molecular weight excluding hydrogens is 282 g/mol. The monoisotopic (exact) mass is 297 g/mol. The number of nitrogens with one attached hydrogen (secondary N) is 2. The minimum Gasteiger partial charge on any atom is -0.349 e. The predicted molar refractivity (Wildman–Crippen MR) is 76.1 cm³/mol. The van der Waals surface area contributed by atoms with Gasteiger partial charge in [-0.15, -0.1) is 0 Å². The van der Waals surface area contributed by atoms with E-state index in [1.807, 2.05) is 0 Å². The van der Waals surface area contributed by atoms with Crippen LogP contribution in [0.25, 0.3) is 0 Å². The summed E-state index contributed by atoms with van der Waals surface area (Å²) < 4.78 is 0. The number of carbonyl (C=O) groups is 1. The molecule has 2 rings (SSSR count). The van der Waals surface area contributed by atoms with Gasteiger partial charge in [-0.1, -0.05) is 11.6 Å². The predicted octanol–water partition coefficient (Wildman–Crippen LogP) is 2.12. The van der Waals surface area contributed by atoms with Gasteiger partial charge in [0, 0.05) is 18.2 Å². The molecular formula is C13H16ClN3O3. The zero-order valence-electron chi connectivity index (χ0n) is 10.9. The van der Waals surface area contributed by atoms with Crippen molar-refractivity contribution in [1.29, 1.82) is 0 Å². The molecule has 0 aliphatic carbocycles. The van der Waals surface area contributed by atoms with Crippen LogP contribution in [0.1, 0.15) is 29.6 Å². The Morgan fingerprint density at radius 1 is 1.40 bits per heavy atom. The van der Waals surface area contributed by atoms with Gasteiger partial charge < -0.3 is 10.6 Å². The van der Waals surface area contributed by atoms with E-state index in [-0.39, 0.29) is 28.2 Å². The van der Waals surface area contributed by atoms with E-state index in [0.29, 0.717) is 0 Å². The summed E-state index contributed by atoms with van der Waals surface area (Å²) in [6.45, 7) is 1.80. The number of non-ortho nitro benzene ring substituents is 1. The van der Waals surface area contributed by atoms with E-state index in [1.54, 1.807) is 0 Å². The fraction of sp³-hybridized carbons (Fsp3) is 0.462. The van der Waals surface area contributed by atoms with Crippen LogP contribution in [0, 0.1) is 10.1 Å². The molecule has 1 unspecified atom stereocenters. The number of hydrogen-bond donors (Lipinski definition) is 2. The van der Waals surface area contributed by atoms with Crippen molar-refractivity contribution in [3.05, 3.63) is 38.9 Å². The zero-order chi connectivity index (χ0) is 14.5. The lowest BCUT2D eigenvalue weighted by Gasteiger charge is -2.16. The second kappa shape index (κ2) is 6.67. The first-order valence-corrected chi connectivity index (χ1v) is 6.91. The quantitative estimate of drug-likeness (QED) is 0.661. The minimum absolute atomic E-state index is 0.0767. The first-order valence-electron chi connectivity index (χ1n) is 6.53. The summed E-state index contributed by atoms with van der Waals surface area (Å²) in [5.41, 5.74) is 0.0140. The number of halogens is 1. The molecule has 0 bridgehead atoms. The Kier molecular flexibility index (Phi) is 4.92. The molecule has 6 nitrogen and oxygen atoms in total. The molecule has 0 spiro atoms. The highest BCUT2D eigenvalue weighted by molar-refractivity contribution is 6.33. The van der Waals surface area contributed by atoms with Crippen LogP contribution in [0.4, 0.5) is 5.69 Å². The summed E-state index contributed by atoms with van der Waals surface area (Å²) in [7, 11) is 0. The third-order valence-corrected chi connectivity index (χ3v) is 3.65. The zero-order valence-corrected chi connectivity index (χ0v) is 11.7. The van der Waals surface area contributed by atoms with Crippen molar-refractivity contribution in [3.8, 4) is 0 Å². The van der Waals surface area contributed by atoms with E-state index < -0.39 is 4.92 Å². The summed E-state index contributed by atoms with van der Waals surface area (Å²) in [5.74, 6) is -0.356. The Morgan fingerprint density at radius 2 is 2.20 bits per heavy atom. The highest BCUT2D eigenvalue weighted by atomic mass is 35.5. The van der Waals surface area contributed by atoms with Crippen LogP contribution in [0.2, 0.25) is 5.02 Å². The molecule has 1 saturated heterocycles. The fourth-order valence-corrected chi connectivity index (χ4v) is 2.43. The highest BCUT2D eigenvalue weighted by Crippen LogP contribution is 2.22. The average molecular weight is 298 g/mol. The molecule has 2 N–H and O–H groups in total. The highest BCUT2D eigenvalue weighted by Gasteiger charge is 2.19. The van der Waals surface area contributed by atoms with Gasteiger partial charge >= 0.3 is 0 Å². The van der Waals surface area contributed by atoms with Crippen LogP contribution in [-0.4, -0.2) is 30.0 Å². The van der Waals surface area contributed by atoms with Crippen molar-refractivity contribution < 1.29 is 9.72 Å². The number of carbonyl (C=O) groups excluding carboxylic acids is 1. The summed E-state index contributed by atoms with van der Waals surface area (Å²) >= 11 is 5.95. The Morgan fingerprint density at radius 3 is 2.95 bits per heavy atom. The number of nitro groups is 1. The molecule has 7 heteroatoms. The molecule has 0 radical (unpaired) electrons. The summed E-state index contributed by atoms with van der Waals surface area (Å²) in [5, 5.41) is 17.1. The van der Waals surface area contributed by atoms with E-state index in [2.05, 4.69) is 10.6 Å². The Labute approximate surface area is 121 Å². The average Bonchev–Trinajstić information content (AvgIpc) is 2.67.